The van der Waals surface area contributed by atoms with Gasteiger partial charge in [-0.1, -0.05) is 0 Å². The number of nitrogens with one attached hydrogen (secondary N) is 1. The first-order valence-electron chi connectivity index (χ1n) is 6.66. The number of anilines is 1. The maximum atomic E-state index is 5.40. The summed E-state index contributed by atoms with van der Waals surface area (Å²) in [6, 6.07) is 5.14. The van der Waals surface area contributed by atoms with Crippen LogP contribution in [0.2, 0.25) is 0 Å². The van der Waals surface area contributed by atoms with E-state index in [9.17, 15) is 0 Å². The summed E-state index contributed by atoms with van der Waals surface area (Å²) in [4.78, 5) is 6.85. The van der Waals surface area contributed by atoms with Crippen molar-refractivity contribution in [2.45, 2.75) is 31.8 Å². The Morgan fingerprint density at radius 3 is 2.67 bits per heavy atom. The van der Waals surface area contributed by atoms with Crippen molar-refractivity contribution in [2.24, 2.45) is 0 Å². The molecule has 18 heavy (non-hydrogen) atoms. The number of ether oxygens (including phenoxy) is 1. The predicted molar refractivity (Wildman–Crippen MR) is 74.0 cm³/mol. The minimum Gasteiger partial charge on any atom is -0.381 e. The average molecular weight is 249 g/mol. The van der Waals surface area contributed by atoms with Gasteiger partial charge in [0.15, 0.2) is 0 Å². The Morgan fingerprint density at radius 1 is 1.39 bits per heavy atom. The Morgan fingerprint density at radius 2 is 2.11 bits per heavy atom. The van der Waals surface area contributed by atoms with Crippen molar-refractivity contribution in [3.8, 4) is 0 Å². The van der Waals surface area contributed by atoms with Crippen molar-refractivity contribution < 1.29 is 4.74 Å². The van der Waals surface area contributed by atoms with Crippen LogP contribution in [0.3, 0.4) is 0 Å². The standard InChI is InChI=1S/C14H23N3O/c1-11(15-2)14-5-4-13(10-16-14)17(3)12-6-8-18-9-7-12/h4-5,10-12,15H,6-9H2,1-3H3. The highest BCUT2D eigenvalue weighted by Crippen LogP contribution is 2.21. The summed E-state index contributed by atoms with van der Waals surface area (Å²) in [5.41, 5.74) is 2.27. The molecule has 0 aliphatic carbocycles. The molecule has 1 aliphatic rings. The number of aromatic nitrogens is 1. The van der Waals surface area contributed by atoms with Crippen LogP contribution in [0.1, 0.15) is 31.5 Å². The Labute approximate surface area is 109 Å². The Bertz CT molecular complexity index is 360. The van der Waals surface area contributed by atoms with Gasteiger partial charge in [0.1, 0.15) is 0 Å². The zero-order valence-corrected chi connectivity index (χ0v) is 11.5. The lowest BCUT2D eigenvalue weighted by Crippen LogP contribution is -2.36. The van der Waals surface area contributed by atoms with Crippen LogP contribution in [0.15, 0.2) is 18.3 Å². The summed E-state index contributed by atoms with van der Waals surface area (Å²) in [5.74, 6) is 0. The highest BCUT2D eigenvalue weighted by molar-refractivity contribution is 5.45. The van der Waals surface area contributed by atoms with E-state index >= 15 is 0 Å². The zero-order chi connectivity index (χ0) is 13.0. The van der Waals surface area contributed by atoms with E-state index in [1.807, 2.05) is 13.2 Å². The van der Waals surface area contributed by atoms with Gasteiger partial charge in [-0.25, -0.2) is 0 Å². The molecule has 0 spiro atoms. The van der Waals surface area contributed by atoms with Gasteiger partial charge in [0.2, 0.25) is 0 Å². The first-order chi connectivity index (χ1) is 8.72. The van der Waals surface area contributed by atoms with Gasteiger partial charge in [-0.2, -0.15) is 0 Å². The van der Waals surface area contributed by atoms with E-state index < -0.39 is 0 Å². The predicted octanol–water partition coefficient (Wildman–Crippen LogP) is 1.98. The monoisotopic (exact) mass is 249 g/mol. The van der Waals surface area contributed by atoms with Gasteiger partial charge in [-0.05, 0) is 38.9 Å². The number of hydrogen-bond acceptors (Lipinski definition) is 4. The maximum Gasteiger partial charge on any atom is 0.0571 e. The Kier molecular flexibility index (Phi) is 4.55. The topological polar surface area (TPSA) is 37.4 Å². The summed E-state index contributed by atoms with van der Waals surface area (Å²) in [5, 5.41) is 3.20. The van der Waals surface area contributed by atoms with Gasteiger partial charge < -0.3 is 15.0 Å². The van der Waals surface area contributed by atoms with Gasteiger partial charge in [-0.15, -0.1) is 0 Å². The normalized spacial score (nSPS) is 18.6. The van der Waals surface area contributed by atoms with Crippen LogP contribution in [-0.4, -0.2) is 38.3 Å². The molecule has 0 bridgehead atoms. The van der Waals surface area contributed by atoms with E-state index in [0.717, 1.165) is 31.7 Å². The van der Waals surface area contributed by atoms with Crippen molar-refractivity contribution >= 4 is 5.69 Å². The molecule has 1 atom stereocenters. The molecule has 1 aromatic rings. The lowest BCUT2D eigenvalue weighted by molar-refractivity contribution is 0.0855. The molecule has 0 radical (unpaired) electrons. The SMILES string of the molecule is CNC(C)c1ccc(N(C)C2CCOCC2)cn1. The summed E-state index contributed by atoms with van der Waals surface area (Å²) < 4.78 is 5.40. The summed E-state index contributed by atoms with van der Waals surface area (Å²) in [7, 11) is 4.10. The molecule has 4 heteroatoms. The van der Waals surface area contributed by atoms with Gasteiger partial charge in [-0.3, -0.25) is 4.98 Å². The second-order valence-corrected chi connectivity index (χ2v) is 4.91. The smallest absolute Gasteiger partial charge is 0.0571 e. The van der Waals surface area contributed by atoms with E-state index in [-0.39, 0.29) is 0 Å². The first kappa shape index (κ1) is 13.3. The minimum absolute atomic E-state index is 0.299. The number of hydrogen-bond donors (Lipinski definition) is 1. The molecule has 0 aromatic carbocycles. The summed E-state index contributed by atoms with van der Waals surface area (Å²) in [6.45, 7) is 3.86. The van der Waals surface area contributed by atoms with Crippen LogP contribution in [0.4, 0.5) is 5.69 Å². The Hall–Kier alpha value is -1.13. The van der Waals surface area contributed by atoms with Gasteiger partial charge in [0.25, 0.3) is 0 Å². The quantitative estimate of drug-likeness (QED) is 0.885. The molecule has 1 aliphatic heterocycles. The largest absolute Gasteiger partial charge is 0.381 e. The molecule has 4 nitrogen and oxygen atoms in total. The summed E-state index contributed by atoms with van der Waals surface area (Å²) in [6.07, 6.45) is 4.18. The number of rotatable bonds is 4. The van der Waals surface area contributed by atoms with E-state index in [1.54, 1.807) is 0 Å². The van der Waals surface area contributed by atoms with Crippen molar-refractivity contribution in [1.29, 1.82) is 0 Å². The zero-order valence-electron chi connectivity index (χ0n) is 11.5. The highest BCUT2D eigenvalue weighted by atomic mass is 16.5. The van der Waals surface area contributed by atoms with Gasteiger partial charge in [0.05, 0.1) is 17.6 Å². The van der Waals surface area contributed by atoms with Crippen molar-refractivity contribution in [3.63, 3.8) is 0 Å². The first-order valence-corrected chi connectivity index (χ1v) is 6.66. The van der Waals surface area contributed by atoms with Crippen LogP contribution in [0.5, 0.6) is 0 Å². The van der Waals surface area contributed by atoms with Crippen LogP contribution >= 0.6 is 0 Å². The number of nitrogens with zero attached hydrogens (tertiary/aromatic N) is 2. The third kappa shape index (κ3) is 3.00. The van der Waals surface area contributed by atoms with Crippen LogP contribution in [0, 0.1) is 0 Å². The van der Waals surface area contributed by atoms with Crippen molar-refractivity contribution in [3.05, 3.63) is 24.0 Å². The van der Waals surface area contributed by atoms with E-state index in [2.05, 4.69) is 41.3 Å². The third-order valence-corrected chi connectivity index (χ3v) is 3.79. The summed E-state index contributed by atoms with van der Waals surface area (Å²) >= 11 is 0. The second-order valence-electron chi connectivity index (χ2n) is 4.91. The fraction of sp³-hybridized carbons (Fsp3) is 0.643. The molecule has 0 saturated carbocycles. The number of pyridine rings is 1. The maximum absolute atomic E-state index is 5.40. The lowest BCUT2D eigenvalue weighted by atomic mass is 10.1. The molecular formula is C14H23N3O. The van der Waals surface area contributed by atoms with E-state index in [1.165, 1.54) is 5.69 Å². The van der Waals surface area contributed by atoms with E-state index in [0.29, 0.717) is 12.1 Å². The van der Waals surface area contributed by atoms with Crippen LogP contribution in [0.25, 0.3) is 0 Å². The lowest BCUT2D eigenvalue weighted by Gasteiger charge is -2.32. The minimum atomic E-state index is 0.299. The highest BCUT2D eigenvalue weighted by Gasteiger charge is 2.19. The van der Waals surface area contributed by atoms with Crippen LogP contribution < -0.4 is 10.2 Å². The third-order valence-electron chi connectivity index (χ3n) is 3.79. The second kappa shape index (κ2) is 6.16. The molecule has 0 amide bonds. The fourth-order valence-corrected chi connectivity index (χ4v) is 2.29. The molecule has 2 rings (SSSR count). The molecule has 2 heterocycles. The molecular weight excluding hydrogens is 226 g/mol. The van der Waals surface area contributed by atoms with E-state index in [4.69, 9.17) is 4.74 Å². The average Bonchev–Trinajstić information content (AvgIpc) is 2.47. The van der Waals surface area contributed by atoms with Crippen molar-refractivity contribution in [2.75, 3.05) is 32.2 Å². The molecule has 1 unspecified atom stereocenters. The Balaban J connectivity index is 2.03. The van der Waals surface area contributed by atoms with Crippen molar-refractivity contribution in [1.82, 2.24) is 10.3 Å². The van der Waals surface area contributed by atoms with Gasteiger partial charge in [0, 0.05) is 32.3 Å². The molecule has 1 N–H and O–H groups in total. The fourth-order valence-electron chi connectivity index (χ4n) is 2.29. The molecule has 1 saturated heterocycles. The van der Waals surface area contributed by atoms with Crippen LogP contribution in [-0.2, 0) is 4.74 Å². The molecule has 1 fully saturated rings. The molecule has 100 valence electrons. The van der Waals surface area contributed by atoms with Gasteiger partial charge >= 0.3 is 0 Å². The molecule has 1 aromatic heterocycles.